The van der Waals surface area contributed by atoms with Gasteiger partial charge in [-0.3, -0.25) is 4.98 Å². The van der Waals surface area contributed by atoms with Gasteiger partial charge in [-0.25, -0.2) is 22.2 Å². The Morgan fingerprint density at radius 2 is 1.89 bits per heavy atom. The molecule has 0 atom stereocenters. The number of anilines is 1. The van der Waals surface area contributed by atoms with Crippen LogP contribution in [0.25, 0.3) is 5.65 Å². The van der Waals surface area contributed by atoms with Crippen molar-refractivity contribution >= 4 is 37.4 Å². The zero-order valence-electron chi connectivity index (χ0n) is 18.4. The average molecular weight is 563 g/mol. The van der Waals surface area contributed by atoms with Crippen molar-refractivity contribution in [2.24, 2.45) is 0 Å². The Hall–Kier alpha value is -2.96. The third kappa shape index (κ3) is 4.78. The molecule has 4 aromatic rings. The van der Waals surface area contributed by atoms with Crippen molar-refractivity contribution in [3.05, 3.63) is 82.4 Å². The number of pyridine rings is 1. The van der Waals surface area contributed by atoms with Crippen molar-refractivity contribution in [3.8, 4) is 0 Å². The topological polar surface area (TPSA) is 92.5 Å². The Morgan fingerprint density at radius 1 is 1.09 bits per heavy atom. The van der Waals surface area contributed by atoms with Gasteiger partial charge in [-0.05, 0) is 58.6 Å². The minimum absolute atomic E-state index is 0.0251. The maximum atomic E-state index is 13.6. The molecule has 0 aliphatic carbocycles. The molecule has 1 aromatic carbocycles. The molecule has 1 aliphatic rings. The van der Waals surface area contributed by atoms with Crippen molar-refractivity contribution in [1.29, 1.82) is 0 Å². The first-order valence-corrected chi connectivity index (χ1v) is 13.2. The summed E-state index contributed by atoms with van der Waals surface area (Å²) in [6, 6.07) is 8.43. The molecule has 0 spiro atoms. The van der Waals surface area contributed by atoms with Gasteiger partial charge < -0.3 is 5.32 Å². The fourth-order valence-corrected chi connectivity index (χ4v) is 5.99. The van der Waals surface area contributed by atoms with E-state index in [1.165, 1.54) is 4.31 Å². The average Bonchev–Trinajstić information content (AvgIpc) is 3.25. The molecule has 5 rings (SSSR count). The molecule has 1 saturated heterocycles. The van der Waals surface area contributed by atoms with Crippen molar-refractivity contribution in [3.63, 3.8) is 0 Å². The Morgan fingerprint density at radius 3 is 2.60 bits per heavy atom. The zero-order valence-corrected chi connectivity index (χ0v) is 20.8. The third-order valence-corrected chi connectivity index (χ3v) is 8.50. The van der Waals surface area contributed by atoms with Crippen LogP contribution in [0.5, 0.6) is 0 Å². The predicted octanol–water partition coefficient (Wildman–Crippen LogP) is 4.35. The number of halogens is 3. The molecule has 8 nitrogen and oxygen atoms in total. The molecule has 4 heterocycles. The fraction of sp³-hybridized carbons (Fsp3) is 0.261. The number of hydrogen-bond donors (Lipinski definition) is 1. The van der Waals surface area contributed by atoms with Gasteiger partial charge in [0.25, 0.3) is 0 Å². The number of rotatable bonds is 6. The van der Waals surface area contributed by atoms with E-state index in [0.29, 0.717) is 25.0 Å². The number of benzene rings is 1. The van der Waals surface area contributed by atoms with E-state index in [1.54, 1.807) is 23.1 Å². The van der Waals surface area contributed by atoms with E-state index in [2.05, 4.69) is 31.3 Å². The smallest absolute Gasteiger partial charge is 0.243 e. The second-order valence-electron chi connectivity index (χ2n) is 8.26. The first-order chi connectivity index (χ1) is 16.8. The number of hydrogen-bond acceptors (Lipinski definition) is 6. The quantitative estimate of drug-likeness (QED) is 0.375. The maximum Gasteiger partial charge on any atom is 0.243 e. The van der Waals surface area contributed by atoms with Crippen molar-refractivity contribution < 1.29 is 17.2 Å². The van der Waals surface area contributed by atoms with Gasteiger partial charge in [0.05, 0.1) is 15.6 Å². The van der Waals surface area contributed by atoms with Crippen LogP contribution in [0.2, 0.25) is 0 Å². The summed E-state index contributed by atoms with van der Waals surface area (Å²) >= 11 is 3.50. The SMILES string of the molecule is O=S(=O)(c1ccc(F)c(F)c1)N1CCC(c2cc(NCc3cccnc3)n3ncc(Br)c3n2)CC1. The van der Waals surface area contributed by atoms with E-state index in [9.17, 15) is 17.2 Å². The number of piperidine rings is 1. The maximum absolute atomic E-state index is 13.6. The van der Waals surface area contributed by atoms with Gasteiger partial charge in [0.2, 0.25) is 10.0 Å². The van der Waals surface area contributed by atoms with Gasteiger partial charge in [0.15, 0.2) is 17.3 Å². The van der Waals surface area contributed by atoms with E-state index in [4.69, 9.17) is 4.98 Å². The van der Waals surface area contributed by atoms with Crippen LogP contribution in [0.4, 0.5) is 14.6 Å². The number of sulfonamides is 1. The molecule has 1 N–H and O–H groups in total. The lowest BCUT2D eigenvalue weighted by atomic mass is 9.94. The second kappa shape index (κ2) is 9.59. The molecule has 0 unspecified atom stereocenters. The standard InChI is InChI=1S/C23H21BrF2N6O2S/c24-18-14-29-32-22(28-13-15-2-1-7-27-12-15)11-21(30-23(18)32)16-5-8-31(9-6-16)35(33,34)17-3-4-19(25)20(26)10-17/h1-4,7,10-12,14,16,28H,5-6,8-9,13H2. The summed E-state index contributed by atoms with van der Waals surface area (Å²) < 4.78 is 56.5. The summed E-state index contributed by atoms with van der Waals surface area (Å²) in [5, 5.41) is 7.78. The van der Waals surface area contributed by atoms with Gasteiger partial charge in [0, 0.05) is 49.7 Å². The number of nitrogens with zero attached hydrogens (tertiary/aromatic N) is 5. The highest BCUT2D eigenvalue weighted by Gasteiger charge is 2.31. The summed E-state index contributed by atoms with van der Waals surface area (Å²) in [7, 11) is -3.92. The number of aromatic nitrogens is 4. The van der Waals surface area contributed by atoms with Gasteiger partial charge in [-0.15, -0.1) is 0 Å². The van der Waals surface area contributed by atoms with E-state index in [0.717, 1.165) is 39.7 Å². The summed E-state index contributed by atoms with van der Waals surface area (Å²) in [5.41, 5.74) is 2.51. The molecule has 1 aliphatic heterocycles. The molecule has 0 amide bonds. The van der Waals surface area contributed by atoms with Gasteiger partial charge in [-0.1, -0.05) is 6.07 Å². The van der Waals surface area contributed by atoms with E-state index in [-0.39, 0.29) is 23.9 Å². The summed E-state index contributed by atoms with van der Waals surface area (Å²) in [6.45, 7) is 1.05. The zero-order chi connectivity index (χ0) is 24.6. The largest absolute Gasteiger partial charge is 0.366 e. The summed E-state index contributed by atoms with van der Waals surface area (Å²) in [4.78, 5) is 8.67. The highest BCUT2D eigenvalue weighted by atomic mass is 79.9. The molecule has 12 heteroatoms. The van der Waals surface area contributed by atoms with E-state index in [1.807, 2.05) is 18.2 Å². The van der Waals surface area contributed by atoms with E-state index < -0.39 is 21.7 Å². The Labute approximate surface area is 209 Å². The van der Waals surface area contributed by atoms with Crippen LogP contribution in [0.1, 0.15) is 30.0 Å². The van der Waals surface area contributed by atoms with Crippen molar-refractivity contribution in [2.75, 3.05) is 18.4 Å². The summed E-state index contributed by atoms with van der Waals surface area (Å²) in [6.07, 6.45) is 6.27. The van der Waals surface area contributed by atoms with Crippen LogP contribution < -0.4 is 5.32 Å². The molecular formula is C23H21BrF2N6O2S. The Bertz CT molecular complexity index is 1470. The first-order valence-electron chi connectivity index (χ1n) is 10.9. The van der Waals surface area contributed by atoms with Crippen molar-refractivity contribution in [2.45, 2.75) is 30.2 Å². The molecule has 182 valence electrons. The van der Waals surface area contributed by atoms with Crippen LogP contribution in [0.3, 0.4) is 0 Å². The highest BCUT2D eigenvalue weighted by Crippen LogP contribution is 2.32. The monoisotopic (exact) mass is 562 g/mol. The summed E-state index contributed by atoms with van der Waals surface area (Å²) in [5.74, 6) is -1.48. The minimum atomic E-state index is -3.92. The van der Waals surface area contributed by atoms with Gasteiger partial charge in [-0.2, -0.15) is 13.9 Å². The normalized spacial score (nSPS) is 15.5. The lowest BCUT2D eigenvalue weighted by molar-refractivity contribution is 0.316. The highest BCUT2D eigenvalue weighted by molar-refractivity contribution is 9.10. The molecule has 0 radical (unpaired) electrons. The third-order valence-electron chi connectivity index (χ3n) is 6.05. The van der Waals surface area contributed by atoms with Crippen LogP contribution in [-0.4, -0.2) is 45.4 Å². The minimum Gasteiger partial charge on any atom is -0.366 e. The van der Waals surface area contributed by atoms with Crippen molar-refractivity contribution in [1.82, 2.24) is 23.9 Å². The predicted molar refractivity (Wildman–Crippen MR) is 129 cm³/mol. The lowest BCUT2D eigenvalue weighted by Gasteiger charge is -2.31. The Balaban J connectivity index is 1.36. The van der Waals surface area contributed by atoms with Crippen LogP contribution in [-0.2, 0) is 16.6 Å². The number of nitrogens with one attached hydrogen (secondary N) is 1. The van der Waals surface area contributed by atoms with Gasteiger partial charge in [0.1, 0.15) is 5.82 Å². The molecular weight excluding hydrogens is 542 g/mol. The lowest BCUT2D eigenvalue weighted by Crippen LogP contribution is -2.38. The van der Waals surface area contributed by atoms with E-state index >= 15 is 0 Å². The van der Waals surface area contributed by atoms with Crippen LogP contribution in [0.15, 0.2) is 64.4 Å². The molecule has 0 bridgehead atoms. The molecule has 35 heavy (non-hydrogen) atoms. The van der Waals surface area contributed by atoms with Gasteiger partial charge >= 0.3 is 0 Å². The Kier molecular flexibility index (Phi) is 6.51. The molecule has 0 saturated carbocycles. The first kappa shape index (κ1) is 23.8. The van der Waals surface area contributed by atoms with Crippen LogP contribution in [0, 0.1) is 11.6 Å². The molecule has 3 aromatic heterocycles. The molecule has 1 fully saturated rings. The number of fused-ring (bicyclic) bond motifs is 1. The fourth-order valence-electron chi connectivity index (χ4n) is 4.16. The second-order valence-corrected chi connectivity index (χ2v) is 11.1. The van der Waals surface area contributed by atoms with Crippen LogP contribution >= 0.6 is 15.9 Å².